The number of aliphatic hydroxyl groups is 1. The quantitative estimate of drug-likeness (QED) is 0.357. The SMILES string of the molecule is C=CCCCN(C)C1CC[C@]2(C)C([C@H](C)CCCC(C)C)CC[C@@]2(C)[C@H]1O. The van der Waals surface area contributed by atoms with Gasteiger partial charge < -0.3 is 10.0 Å². The van der Waals surface area contributed by atoms with E-state index in [1.54, 1.807) is 0 Å². The Morgan fingerprint density at radius 3 is 2.37 bits per heavy atom. The molecule has 158 valence electrons. The first kappa shape index (κ1) is 22.9. The van der Waals surface area contributed by atoms with E-state index >= 15 is 0 Å². The van der Waals surface area contributed by atoms with Crippen molar-refractivity contribution < 1.29 is 5.11 Å². The van der Waals surface area contributed by atoms with Crippen LogP contribution in [-0.2, 0) is 0 Å². The number of nitrogens with zero attached hydrogens (tertiary/aromatic N) is 1. The van der Waals surface area contributed by atoms with E-state index < -0.39 is 0 Å². The Kier molecular flexibility index (Phi) is 8.02. The van der Waals surface area contributed by atoms with Crippen LogP contribution in [0.1, 0.15) is 92.4 Å². The zero-order valence-corrected chi connectivity index (χ0v) is 19.1. The molecule has 0 amide bonds. The third kappa shape index (κ3) is 4.64. The lowest BCUT2D eigenvalue weighted by Gasteiger charge is -2.56. The van der Waals surface area contributed by atoms with E-state index in [2.05, 4.69) is 53.1 Å². The maximum absolute atomic E-state index is 11.5. The molecule has 0 aromatic heterocycles. The van der Waals surface area contributed by atoms with Crippen LogP contribution >= 0.6 is 0 Å². The van der Waals surface area contributed by atoms with Gasteiger partial charge in [-0.15, -0.1) is 6.58 Å². The summed E-state index contributed by atoms with van der Waals surface area (Å²) < 4.78 is 0. The third-order valence-electron chi connectivity index (χ3n) is 8.69. The van der Waals surface area contributed by atoms with Crippen LogP contribution in [0.5, 0.6) is 0 Å². The van der Waals surface area contributed by atoms with Gasteiger partial charge in [0.15, 0.2) is 0 Å². The van der Waals surface area contributed by atoms with Gasteiger partial charge in [-0.25, -0.2) is 0 Å². The van der Waals surface area contributed by atoms with Gasteiger partial charge in [-0.05, 0) is 75.3 Å². The van der Waals surface area contributed by atoms with Crippen molar-refractivity contribution >= 4 is 0 Å². The lowest BCUT2D eigenvalue weighted by molar-refractivity contribution is -0.133. The molecule has 2 rings (SSSR count). The van der Waals surface area contributed by atoms with Crippen molar-refractivity contribution in [2.24, 2.45) is 28.6 Å². The Balaban J connectivity index is 2.04. The Labute approximate surface area is 169 Å². The van der Waals surface area contributed by atoms with E-state index in [0.29, 0.717) is 11.5 Å². The van der Waals surface area contributed by atoms with Crippen LogP contribution in [0.3, 0.4) is 0 Å². The summed E-state index contributed by atoms with van der Waals surface area (Å²) in [5, 5.41) is 11.5. The largest absolute Gasteiger partial charge is 0.391 e. The molecule has 2 saturated carbocycles. The Hall–Kier alpha value is -0.340. The van der Waals surface area contributed by atoms with Crippen molar-refractivity contribution in [3.63, 3.8) is 0 Å². The molecule has 0 bridgehead atoms. The predicted octanol–water partition coefficient (Wildman–Crippen LogP) is 6.29. The highest BCUT2D eigenvalue weighted by Gasteiger charge is 2.62. The molecule has 0 saturated heterocycles. The Morgan fingerprint density at radius 1 is 1.07 bits per heavy atom. The van der Waals surface area contributed by atoms with E-state index in [1.807, 2.05) is 6.08 Å². The summed E-state index contributed by atoms with van der Waals surface area (Å²) in [7, 11) is 2.21. The predicted molar refractivity (Wildman–Crippen MR) is 118 cm³/mol. The van der Waals surface area contributed by atoms with E-state index in [9.17, 15) is 5.11 Å². The van der Waals surface area contributed by atoms with Gasteiger partial charge in [-0.3, -0.25) is 0 Å². The summed E-state index contributed by atoms with van der Waals surface area (Å²) in [6, 6.07) is 0.322. The fourth-order valence-electron chi connectivity index (χ4n) is 6.54. The second-order valence-electron chi connectivity index (χ2n) is 10.7. The van der Waals surface area contributed by atoms with E-state index in [-0.39, 0.29) is 11.5 Å². The van der Waals surface area contributed by atoms with Gasteiger partial charge in [-0.1, -0.05) is 60.0 Å². The van der Waals surface area contributed by atoms with Crippen molar-refractivity contribution in [2.45, 2.75) is 105 Å². The first-order valence-electron chi connectivity index (χ1n) is 11.7. The average molecular weight is 378 g/mol. The van der Waals surface area contributed by atoms with Crippen molar-refractivity contribution in [1.29, 1.82) is 0 Å². The second kappa shape index (κ2) is 9.44. The first-order chi connectivity index (χ1) is 12.7. The van der Waals surface area contributed by atoms with Crippen LogP contribution in [0.2, 0.25) is 0 Å². The molecule has 2 aliphatic carbocycles. The molecule has 2 aliphatic rings. The van der Waals surface area contributed by atoms with Gasteiger partial charge in [-0.2, -0.15) is 0 Å². The second-order valence-corrected chi connectivity index (χ2v) is 10.7. The molecule has 27 heavy (non-hydrogen) atoms. The minimum Gasteiger partial charge on any atom is -0.391 e. The van der Waals surface area contributed by atoms with Gasteiger partial charge in [0.05, 0.1) is 6.10 Å². The number of rotatable bonds is 10. The molecule has 2 fully saturated rings. The highest BCUT2D eigenvalue weighted by atomic mass is 16.3. The maximum Gasteiger partial charge on any atom is 0.0754 e. The fourth-order valence-corrected chi connectivity index (χ4v) is 6.54. The van der Waals surface area contributed by atoms with E-state index in [1.165, 1.54) is 38.5 Å². The van der Waals surface area contributed by atoms with Crippen molar-refractivity contribution in [1.82, 2.24) is 4.90 Å². The monoisotopic (exact) mass is 377 g/mol. The van der Waals surface area contributed by atoms with Crippen LogP contribution < -0.4 is 0 Å². The summed E-state index contributed by atoms with van der Waals surface area (Å²) in [5.41, 5.74) is 0.363. The highest BCUT2D eigenvalue weighted by molar-refractivity contribution is 5.12. The Bertz CT molecular complexity index is 475. The van der Waals surface area contributed by atoms with Gasteiger partial charge in [0, 0.05) is 11.5 Å². The number of allylic oxidation sites excluding steroid dienone is 1. The summed E-state index contributed by atoms with van der Waals surface area (Å²) in [5.74, 6) is 2.37. The lowest BCUT2D eigenvalue weighted by atomic mass is 9.53. The van der Waals surface area contributed by atoms with Crippen LogP contribution in [-0.4, -0.2) is 35.7 Å². The normalized spacial score (nSPS) is 37.6. The van der Waals surface area contributed by atoms with Gasteiger partial charge in [0.1, 0.15) is 0 Å². The molecule has 0 radical (unpaired) electrons. The lowest BCUT2D eigenvalue weighted by Crippen LogP contribution is -2.59. The minimum atomic E-state index is -0.196. The van der Waals surface area contributed by atoms with Crippen LogP contribution in [0.4, 0.5) is 0 Å². The zero-order valence-electron chi connectivity index (χ0n) is 19.1. The number of unbranched alkanes of at least 4 members (excludes halogenated alkanes) is 1. The highest BCUT2D eigenvalue weighted by Crippen LogP contribution is 2.65. The van der Waals surface area contributed by atoms with Crippen molar-refractivity contribution in [3.05, 3.63) is 12.7 Å². The van der Waals surface area contributed by atoms with E-state index in [4.69, 9.17) is 0 Å². The molecule has 2 nitrogen and oxygen atoms in total. The molecular weight excluding hydrogens is 330 g/mol. The van der Waals surface area contributed by atoms with Gasteiger partial charge in [0.2, 0.25) is 0 Å². The first-order valence-corrected chi connectivity index (χ1v) is 11.7. The van der Waals surface area contributed by atoms with Gasteiger partial charge in [0.25, 0.3) is 0 Å². The van der Waals surface area contributed by atoms with Crippen molar-refractivity contribution in [3.8, 4) is 0 Å². The minimum absolute atomic E-state index is 0.0690. The summed E-state index contributed by atoms with van der Waals surface area (Å²) in [4.78, 5) is 2.43. The molecule has 0 aromatic rings. The summed E-state index contributed by atoms with van der Waals surface area (Å²) in [6.07, 6.45) is 13.0. The van der Waals surface area contributed by atoms with E-state index in [0.717, 1.165) is 43.6 Å². The number of fused-ring (bicyclic) bond motifs is 1. The summed E-state index contributed by atoms with van der Waals surface area (Å²) in [6.45, 7) is 17.0. The number of hydrogen-bond acceptors (Lipinski definition) is 2. The zero-order chi connectivity index (χ0) is 20.2. The topological polar surface area (TPSA) is 23.5 Å². The molecular formula is C25H47NO. The standard InChI is InChI=1S/C25H47NO/c1-8-9-10-18-26(7)22-15-17-24(5)21(14-16-25(24,6)23(22)27)20(4)13-11-12-19(2)3/h8,19-23,27H,1,9-18H2,2-7H3/t20-,21?,22?,23+,24-,25+/m1/s1. The van der Waals surface area contributed by atoms with Crippen LogP contribution in [0.15, 0.2) is 12.7 Å². The van der Waals surface area contributed by atoms with Crippen LogP contribution in [0.25, 0.3) is 0 Å². The average Bonchev–Trinajstić information content (AvgIpc) is 2.88. The summed E-state index contributed by atoms with van der Waals surface area (Å²) >= 11 is 0. The van der Waals surface area contributed by atoms with Crippen LogP contribution in [0, 0.1) is 28.6 Å². The molecule has 6 atom stereocenters. The molecule has 0 spiro atoms. The van der Waals surface area contributed by atoms with Crippen molar-refractivity contribution in [2.75, 3.05) is 13.6 Å². The van der Waals surface area contributed by atoms with Gasteiger partial charge >= 0.3 is 0 Å². The molecule has 2 heteroatoms. The molecule has 0 aliphatic heterocycles. The number of likely N-dealkylation sites (N-methyl/N-ethyl adjacent to an activating group) is 1. The number of aliphatic hydroxyl groups excluding tert-OH is 1. The molecule has 1 N–H and O–H groups in total. The fraction of sp³-hybridized carbons (Fsp3) is 0.920. The molecule has 2 unspecified atom stereocenters. The smallest absolute Gasteiger partial charge is 0.0754 e. The molecule has 0 aromatic carbocycles. The number of hydrogen-bond donors (Lipinski definition) is 1. The third-order valence-corrected chi connectivity index (χ3v) is 8.69. The maximum atomic E-state index is 11.5. The Morgan fingerprint density at radius 2 is 1.74 bits per heavy atom. The molecule has 0 heterocycles.